The summed E-state index contributed by atoms with van der Waals surface area (Å²) in [7, 11) is 0. The van der Waals surface area contributed by atoms with E-state index < -0.39 is 6.23 Å². The van der Waals surface area contributed by atoms with Crippen LogP contribution in [0.15, 0.2) is 4.99 Å². The molecule has 1 heterocycles. The summed E-state index contributed by atoms with van der Waals surface area (Å²) in [4.78, 5) is 15.3. The lowest BCUT2D eigenvalue weighted by atomic mass is 10.5. The number of amides is 1. The summed E-state index contributed by atoms with van der Waals surface area (Å²) in [6.07, 6.45) is 0.743. The van der Waals surface area contributed by atoms with Gasteiger partial charge >= 0.3 is 0 Å². The monoisotopic (exact) mass is 128 g/mol. The van der Waals surface area contributed by atoms with E-state index in [4.69, 9.17) is 5.11 Å². The Morgan fingerprint density at radius 2 is 2.67 bits per heavy atom. The highest BCUT2D eigenvalue weighted by Gasteiger charge is 2.16. The van der Waals surface area contributed by atoms with Gasteiger partial charge in [0.05, 0.1) is 6.34 Å². The van der Waals surface area contributed by atoms with Gasteiger partial charge in [-0.25, -0.2) is 4.99 Å². The van der Waals surface area contributed by atoms with Gasteiger partial charge in [-0.1, -0.05) is 0 Å². The van der Waals surface area contributed by atoms with E-state index in [0.29, 0.717) is 0 Å². The minimum absolute atomic E-state index is 0.198. The summed E-state index contributed by atoms with van der Waals surface area (Å²) < 4.78 is 0. The highest BCUT2D eigenvalue weighted by atomic mass is 16.3. The van der Waals surface area contributed by atoms with Crippen molar-refractivity contribution in [3.63, 3.8) is 0 Å². The molecule has 1 unspecified atom stereocenters. The minimum Gasteiger partial charge on any atom is -0.374 e. The molecule has 50 valence electrons. The van der Waals surface area contributed by atoms with Crippen LogP contribution in [0.2, 0.25) is 0 Å². The van der Waals surface area contributed by atoms with Crippen molar-refractivity contribution in [3.8, 4) is 0 Å². The van der Waals surface area contributed by atoms with Gasteiger partial charge < -0.3 is 10.0 Å². The van der Waals surface area contributed by atoms with Crippen molar-refractivity contribution >= 4 is 12.2 Å². The molecule has 1 N–H and O–H groups in total. The van der Waals surface area contributed by atoms with Crippen molar-refractivity contribution in [1.82, 2.24) is 4.90 Å². The number of nitrogens with zero attached hydrogens (tertiary/aromatic N) is 2. The van der Waals surface area contributed by atoms with Crippen LogP contribution in [0.1, 0.15) is 6.92 Å². The lowest BCUT2D eigenvalue weighted by Gasteiger charge is -2.14. The number of hydrogen-bond acceptors (Lipinski definition) is 3. The third kappa shape index (κ3) is 1.26. The lowest BCUT2D eigenvalue weighted by molar-refractivity contribution is -0.118. The number of hydrogen-bond donors (Lipinski definition) is 1. The number of aliphatic hydroxyl groups excluding tert-OH is 1. The van der Waals surface area contributed by atoms with Crippen LogP contribution in [0.3, 0.4) is 0 Å². The summed E-state index contributed by atoms with van der Waals surface area (Å²) in [5.74, 6) is -0.198. The van der Waals surface area contributed by atoms with Crippen LogP contribution in [0.4, 0.5) is 0 Å². The molecule has 1 atom stereocenters. The fourth-order valence-corrected chi connectivity index (χ4v) is 0.605. The highest BCUT2D eigenvalue weighted by molar-refractivity contribution is 5.92. The molecule has 0 radical (unpaired) electrons. The Balaban J connectivity index is 2.50. The normalized spacial score (nSPS) is 21.1. The van der Waals surface area contributed by atoms with Crippen molar-refractivity contribution in [2.24, 2.45) is 4.99 Å². The van der Waals surface area contributed by atoms with E-state index in [0.717, 1.165) is 0 Å². The molecular formula is C5H8N2O2. The van der Waals surface area contributed by atoms with E-state index >= 15 is 0 Å². The highest BCUT2D eigenvalue weighted by Crippen LogP contribution is 1.98. The molecule has 4 nitrogen and oxygen atoms in total. The number of aliphatic imine (C=N–C) groups is 1. The molecule has 0 spiro atoms. The van der Waals surface area contributed by atoms with E-state index in [9.17, 15) is 4.79 Å². The number of rotatable bonds is 1. The van der Waals surface area contributed by atoms with Gasteiger partial charge in [0.2, 0.25) is 0 Å². The summed E-state index contributed by atoms with van der Waals surface area (Å²) >= 11 is 0. The molecule has 0 aromatic heterocycles. The molecule has 0 aliphatic carbocycles. The molecule has 0 fully saturated rings. The largest absolute Gasteiger partial charge is 0.374 e. The molecule has 0 saturated heterocycles. The Hall–Kier alpha value is -0.900. The first-order valence-corrected chi connectivity index (χ1v) is 2.71. The van der Waals surface area contributed by atoms with E-state index in [1.165, 1.54) is 11.2 Å². The Morgan fingerprint density at radius 3 is 2.89 bits per heavy atom. The molecule has 1 aliphatic rings. The number of carbonyl (C=O) groups excluding carboxylic acids is 1. The third-order valence-corrected chi connectivity index (χ3v) is 1.15. The van der Waals surface area contributed by atoms with E-state index in [1.807, 2.05) is 0 Å². The minimum atomic E-state index is -0.611. The van der Waals surface area contributed by atoms with Crippen LogP contribution in [0.5, 0.6) is 0 Å². The van der Waals surface area contributed by atoms with Crippen LogP contribution in [0.25, 0.3) is 0 Å². The van der Waals surface area contributed by atoms with Crippen LogP contribution in [-0.4, -0.2) is 35.0 Å². The average Bonchev–Trinajstić information content (AvgIpc) is 2.14. The third-order valence-electron chi connectivity index (χ3n) is 1.15. The average molecular weight is 128 g/mol. The molecule has 0 aromatic rings. The van der Waals surface area contributed by atoms with Gasteiger partial charge in [0.1, 0.15) is 12.8 Å². The van der Waals surface area contributed by atoms with Gasteiger partial charge in [-0.05, 0) is 6.92 Å². The smallest absolute Gasteiger partial charge is 0.266 e. The zero-order valence-corrected chi connectivity index (χ0v) is 5.11. The maximum atomic E-state index is 10.4. The lowest BCUT2D eigenvalue weighted by Crippen LogP contribution is -2.30. The van der Waals surface area contributed by atoms with Gasteiger partial charge in [0.15, 0.2) is 0 Å². The second kappa shape index (κ2) is 2.14. The fourth-order valence-electron chi connectivity index (χ4n) is 0.605. The van der Waals surface area contributed by atoms with Crippen LogP contribution >= 0.6 is 0 Å². The van der Waals surface area contributed by atoms with Gasteiger partial charge in [-0.2, -0.15) is 0 Å². The fraction of sp³-hybridized carbons (Fsp3) is 0.600. The van der Waals surface area contributed by atoms with Crippen LogP contribution in [-0.2, 0) is 4.79 Å². The second-order valence-electron chi connectivity index (χ2n) is 1.94. The zero-order valence-electron chi connectivity index (χ0n) is 5.11. The first-order valence-electron chi connectivity index (χ1n) is 2.71. The molecule has 0 bridgehead atoms. The number of aliphatic hydroxyl groups is 1. The van der Waals surface area contributed by atoms with Gasteiger partial charge in [0, 0.05) is 0 Å². The number of carbonyl (C=O) groups is 1. The van der Waals surface area contributed by atoms with Crippen LogP contribution in [0, 0.1) is 0 Å². The Bertz CT molecular complexity index is 153. The molecule has 9 heavy (non-hydrogen) atoms. The molecular weight excluding hydrogens is 120 g/mol. The maximum absolute atomic E-state index is 10.4. The summed E-state index contributed by atoms with van der Waals surface area (Å²) in [5.41, 5.74) is 0. The second-order valence-corrected chi connectivity index (χ2v) is 1.94. The quantitative estimate of drug-likeness (QED) is 0.502. The molecule has 4 heteroatoms. The van der Waals surface area contributed by atoms with Gasteiger partial charge in [-0.15, -0.1) is 0 Å². The predicted octanol–water partition coefficient (Wildman–Crippen LogP) is -0.805. The van der Waals surface area contributed by atoms with Crippen molar-refractivity contribution < 1.29 is 9.90 Å². The molecule has 1 rings (SSSR count). The molecule has 0 aromatic carbocycles. The molecule has 1 amide bonds. The Morgan fingerprint density at radius 1 is 2.00 bits per heavy atom. The summed E-state index contributed by atoms with van der Waals surface area (Å²) in [6.45, 7) is 1.79. The van der Waals surface area contributed by atoms with E-state index in [1.54, 1.807) is 6.92 Å². The summed E-state index contributed by atoms with van der Waals surface area (Å²) in [6, 6.07) is 0. The van der Waals surface area contributed by atoms with E-state index in [-0.39, 0.29) is 12.5 Å². The van der Waals surface area contributed by atoms with Gasteiger partial charge in [0.25, 0.3) is 5.91 Å². The van der Waals surface area contributed by atoms with Crippen molar-refractivity contribution in [1.29, 1.82) is 0 Å². The molecule has 1 aliphatic heterocycles. The zero-order chi connectivity index (χ0) is 6.85. The standard InChI is InChI=1S/C5H8N2O2/c1-4(8)7-2-5(9)6-3-7/h3-4,8H,2H2,1H3. The topological polar surface area (TPSA) is 52.9 Å². The van der Waals surface area contributed by atoms with Crippen LogP contribution < -0.4 is 0 Å². The summed E-state index contributed by atoms with van der Waals surface area (Å²) in [5, 5.41) is 8.85. The van der Waals surface area contributed by atoms with Crippen molar-refractivity contribution in [2.45, 2.75) is 13.2 Å². The maximum Gasteiger partial charge on any atom is 0.266 e. The van der Waals surface area contributed by atoms with Crippen molar-refractivity contribution in [3.05, 3.63) is 0 Å². The van der Waals surface area contributed by atoms with E-state index in [2.05, 4.69) is 4.99 Å². The first kappa shape index (κ1) is 6.22. The first-order chi connectivity index (χ1) is 4.20. The van der Waals surface area contributed by atoms with Gasteiger partial charge in [-0.3, -0.25) is 4.79 Å². The van der Waals surface area contributed by atoms with Crippen molar-refractivity contribution in [2.75, 3.05) is 6.54 Å². The Labute approximate surface area is 52.8 Å². The SMILES string of the molecule is CC(O)N1C=NC(=O)C1. The Kier molecular flexibility index (Phi) is 1.48. The molecule has 0 saturated carbocycles. The predicted molar refractivity (Wildman–Crippen MR) is 31.9 cm³/mol.